The SMILES string of the molecule is c1nc2c(n1C1CCCCC1)CCNC2. The number of fused-ring (bicyclic) bond motifs is 1. The Morgan fingerprint density at radius 2 is 2.13 bits per heavy atom. The number of rotatable bonds is 1. The molecule has 0 amide bonds. The van der Waals surface area contributed by atoms with Gasteiger partial charge in [-0.05, 0) is 12.8 Å². The molecule has 2 heterocycles. The lowest BCUT2D eigenvalue weighted by molar-refractivity contribution is 0.344. The zero-order chi connectivity index (χ0) is 10.1. The molecule has 1 aromatic rings. The Morgan fingerprint density at radius 1 is 1.27 bits per heavy atom. The van der Waals surface area contributed by atoms with Gasteiger partial charge in [0, 0.05) is 31.2 Å². The van der Waals surface area contributed by atoms with Crippen molar-refractivity contribution in [3.63, 3.8) is 0 Å². The van der Waals surface area contributed by atoms with Crippen molar-refractivity contribution >= 4 is 0 Å². The van der Waals surface area contributed by atoms with E-state index in [9.17, 15) is 0 Å². The van der Waals surface area contributed by atoms with Crippen LogP contribution >= 0.6 is 0 Å². The first-order chi connectivity index (χ1) is 7.45. The minimum atomic E-state index is 0.744. The van der Waals surface area contributed by atoms with E-state index in [4.69, 9.17) is 0 Å². The first kappa shape index (κ1) is 9.40. The summed E-state index contributed by atoms with van der Waals surface area (Å²) in [6, 6.07) is 0.744. The molecule has 3 nitrogen and oxygen atoms in total. The van der Waals surface area contributed by atoms with Crippen LogP contribution in [0.15, 0.2) is 6.33 Å². The summed E-state index contributed by atoms with van der Waals surface area (Å²) in [6.45, 7) is 2.08. The normalized spacial score (nSPS) is 22.7. The van der Waals surface area contributed by atoms with Crippen molar-refractivity contribution in [3.05, 3.63) is 17.7 Å². The molecule has 1 saturated carbocycles. The Morgan fingerprint density at radius 3 is 3.00 bits per heavy atom. The van der Waals surface area contributed by atoms with Gasteiger partial charge < -0.3 is 9.88 Å². The largest absolute Gasteiger partial charge is 0.331 e. The second-order valence-electron chi connectivity index (χ2n) is 4.76. The van der Waals surface area contributed by atoms with Crippen LogP contribution in [0.2, 0.25) is 0 Å². The molecule has 0 spiro atoms. The summed E-state index contributed by atoms with van der Waals surface area (Å²) in [5.41, 5.74) is 2.78. The standard InChI is InChI=1S/C12H19N3/c1-2-4-10(5-3-1)15-9-14-11-8-13-7-6-12(11)15/h9-10,13H,1-8H2. The van der Waals surface area contributed by atoms with Crippen molar-refractivity contribution in [2.45, 2.75) is 51.1 Å². The van der Waals surface area contributed by atoms with Gasteiger partial charge >= 0.3 is 0 Å². The van der Waals surface area contributed by atoms with Crippen molar-refractivity contribution in [1.29, 1.82) is 0 Å². The van der Waals surface area contributed by atoms with Crippen molar-refractivity contribution in [2.75, 3.05) is 6.54 Å². The number of aromatic nitrogens is 2. The van der Waals surface area contributed by atoms with Crippen LogP contribution in [0.1, 0.15) is 49.5 Å². The molecule has 0 atom stereocenters. The minimum absolute atomic E-state index is 0.744. The molecular weight excluding hydrogens is 186 g/mol. The molecule has 0 aromatic carbocycles. The van der Waals surface area contributed by atoms with Crippen molar-refractivity contribution < 1.29 is 0 Å². The van der Waals surface area contributed by atoms with E-state index in [2.05, 4.69) is 21.2 Å². The summed E-state index contributed by atoms with van der Waals surface area (Å²) in [5, 5.41) is 3.38. The maximum atomic E-state index is 4.53. The molecule has 3 rings (SSSR count). The highest BCUT2D eigenvalue weighted by molar-refractivity contribution is 5.17. The second-order valence-corrected chi connectivity index (χ2v) is 4.76. The highest BCUT2D eigenvalue weighted by atomic mass is 15.1. The highest BCUT2D eigenvalue weighted by Crippen LogP contribution is 2.30. The number of nitrogens with one attached hydrogen (secondary N) is 1. The van der Waals surface area contributed by atoms with Gasteiger partial charge in [0.1, 0.15) is 0 Å². The van der Waals surface area contributed by atoms with Gasteiger partial charge in [-0.15, -0.1) is 0 Å². The topological polar surface area (TPSA) is 29.9 Å². The van der Waals surface area contributed by atoms with E-state index in [1.807, 2.05) is 0 Å². The molecule has 1 aliphatic heterocycles. The minimum Gasteiger partial charge on any atom is -0.331 e. The van der Waals surface area contributed by atoms with Crippen LogP contribution in [0.3, 0.4) is 0 Å². The van der Waals surface area contributed by atoms with E-state index in [0.717, 1.165) is 25.6 Å². The van der Waals surface area contributed by atoms with E-state index >= 15 is 0 Å². The molecule has 1 aromatic heterocycles. The van der Waals surface area contributed by atoms with E-state index < -0.39 is 0 Å². The summed E-state index contributed by atoms with van der Waals surface area (Å²) < 4.78 is 2.47. The van der Waals surface area contributed by atoms with Crippen LogP contribution in [-0.2, 0) is 13.0 Å². The van der Waals surface area contributed by atoms with E-state index in [-0.39, 0.29) is 0 Å². The van der Waals surface area contributed by atoms with E-state index in [1.165, 1.54) is 43.5 Å². The van der Waals surface area contributed by atoms with Crippen LogP contribution in [0.25, 0.3) is 0 Å². The van der Waals surface area contributed by atoms with Crippen LogP contribution in [0.4, 0.5) is 0 Å². The molecule has 2 aliphatic rings. The van der Waals surface area contributed by atoms with Crippen LogP contribution in [0.5, 0.6) is 0 Å². The molecule has 0 radical (unpaired) electrons. The van der Waals surface area contributed by atoms with Gasteiger partial charge in [-0.3, -0.25) is 0 Å². The lowest BCUT2D eigenvalue weighted by atomic mass is 9.95. The molecular formula is C12H19N3. The van der Waals surface area contributed by atoms with Crippen LogP contribution in [0, 0.1) is 0 Å². The predicted molar refractivity (Wildman–Crippen MR) is 59.8 cm³/mol. The Labute approximate surface area is 90.9 Å². The Balaban J connectivity index is 1.87. The highest BCUT2D eigenvalue weighted by Gasteiger charge is 2.21. The van der Waals surface area contributed by atoms with Gasteiger partial charge in [0.2, 0.25) is 0 Å². The molecule has 1 aliphatic carbocycles. The third kappa shape index (κ3) is 1.69. The van der Waals surface area contributed by atoms with E-state index in [0.29, 0.717) is 0 Å². The van der Waals surface area contributed by atoms with Crippen molar-refractivity contribution in [2.24, 2.45) is 0 Å². The molecule has 3 heteroatoms. The summed E-state index contributed by atoms with van der Waals surface area (Å²) >= 11 is 0. The number of hydrogen-bond acceptors (Lipinski definition) is 2. The molecule has 0 unspecified atom stereocenters. The summed E-state index contributed by atoms with van der Waals surface area (Å²) in [7, 11) is 0. The maximum absolute atomic E-state index is 4.53. The average Bonchev–Trinajstić information content (AvgIpc) is 2.74. The summed E-state index contributed by atoms with van der Waals surface area (Å²) in [5.74, 6) is 0. The monoisotopic (exact) mass is 205 g/mol. The van der Waals surface area contributed by atoms with Crippen LogP contribution < -0.4 is 5.32 Å². The zero-order valence-corrected chi connectivity index (χ0v) is 9.21. The van der Waals surface area contributed by atoms with Gasteiger partial charge in [0.25, 0.3) is 0 Å². The van der Waals surface area contributed by atoms with Crippen molar-refractivity contribution in [3.8, 4) is 0 Å². The third-order valence-corrected chi connectivity index (χ3v) is 3.78. The molecule has 0 bridgehead atoms. The summed E-state index contributed by atoms with van der Waals surface area (Å²) in [4.78, 5) is 4.53. The van der Waals surface area contributed by atoms with Crippen molar-refractivity contribution in [1.82, 2.24) is 14.9 Å². The maximum Gasteiger partial charge on any atom is 0.0954 e. The van der Waals surface area contributed by atoms with E-state index in [1.54, 1.807) is 0 Å². The van der Waals surface area contributed by atoms with Gasteiger partial charge in [-0.1, -0.05) is 19.3 Å². The van der Waals surface area contributed by atoms with Gasteiger partial charge in [0.15, 0.2) is 0 Å². The first-order valence-electron chi connectivity index (χ1n) is 6.20. The number of nitrogens with zero attached hydrogens (tertiary/aromatic N) is 2. The molecule has 0 saturated heterocycles. The molecule has 1 fully saturated rings. The quantitative estimate of drug-likeness (QED) is 0.760. The lowest BCUT2D eigenvalue weighted by Gasteiger charge is -2.26. The first-order valence-corrected chi connectivity index (χ1v) is 6.20. The third-order valence-electron chi connectivity index (χ3n) is 3.78. The number of hydrogen-bond donors (Lipinski definition) is 1. The zero-order valence-electron chi connectivity index (χ0n) is 9.21. The molecule has 1 N–H and O–H groups in total. The lowest BCUT2D eigenvalue weighted by Crippen LogP contribution is -2.26. The average molecular weight is 205 g/mol. The Bertz CT molecular complexity index is 337. The van der Waals surface area contributed by atoms with Gasteiger partial charge in [-0.2, -0.15) is 0 Å². The fraction of sp³-hybridized carbons (Fsp3) is 0.750. The van der Waals surface area contributed by atoms with Gasteiger partial charge in [-0.25, -0.2) is 4.98 Å². The fourth-order valence-electron chi connectivity index (χ4n) is 2.93. The summed E-state index contributed by atoms with van der Waals surface area (Å²) in [6.07, 6.45) is 10.2. The Kier molecular flexibility index (Phi) is 2.49. The second kappa shape index (κ2) is 3.97. The Hall–Kier alpha value is -0.830. The molecule has 82 valence electrons. The smallest absolute Gasteiger partial charge is 0.0954 e. The van der Waals surface area contributed by atoms with Gasteiger partial charge in [0.05, 0.1) is 12.0 Å². The number of imidazole rings is 1. The van der Waals surface area contributed by atoms with Crippen LogP contribution in [-0.4, -0.2) is 16.1 Å². The predicted octanol–water partition coefficient (Wildman–Crippen LogP) is 2.03. The fourth-order valence-corrected chi connectivity index (χ4v) is 2.93. The molecule has 15 heavy (non-hydrogen) atoms.